The molecule has 31 heavy (non-hydrogen) atoms. The third-order valence-electron chi connectivity index (χ3n) is 5.48. The van der Waals surface area contributed by atoms with E-state index < -0.39 is 5.41 Å². The van der Waals surface area contributed by atoms with Crippen molar-refractivity contribution in [1.82, 2.24) is 0 Å². The zero-order valence-corrected chi connectivity index (χ0v) is 16.9. The summed E-state index contributed by atoms with van der Waals surface area (Å²) < 4.78 is 0. The van der Waals surface area contributed by atoms with E-state index in [-0.39, 0.29) is 29.5 Å². The first-order valence-corrected chi connectivity index (χ1v) is 10.1. The van der Waals surface area contributed by atoms with Crippen LogP contribution in [-0.4, -0.2) is 16.1 Å². The van der Waals surface area contributed by atoms with E-state index in [4.69, 9.17) is 0 Å². The van der Waals surface area contributed by atoms with Gasteiger partial charge in [-0.2, -0.15) is 0 Å². The van der Waals surface area contributed by atoms with Crippen molar-refractivity contribution < 1.29 is 15.0 Å². The molecule has 0 saturated carbocycles. The highest BCUT2D eigenvalue weighted by atomic mass is 16.3. The molecule has 0 saturated heterocycles. The quantitative estimate of drug-likeness (QED) is 0.225. The molecule has 0 fully saturated rings. The fourth-order valence-corrected chi connectivity index (χ4v) is 4.04. The van der Waals surface area contributed by atoms with E-state index in [9.17, 15) is 15.0 Å². The molecule has 4 rings (SSSR count). The van der Waals surface area contributed by atoms with Gasteiger partial charge < -0.3 is 15.5 Å². The van der Waals surface area contributed by atoms with Gasteiger partial charge in [-0.3, -0.25) is 4.79 Å². The minimum atomic E-state index is -0.722. The predicted octanol–water partition coefficient (Wildman–Crippen LogP) is 5.46. The van der Waals surface area contributed by atoms with Crippen LogP contribution in [0.1, 0.15) is 23.1 Å². The molecule has 4 heteroatoms. The highest BCUT2D eigenvalue weighted by Gasteiger charge is 2.38. The molecule has 154 valence electrons. The van der Waals surface area contributed by atoms with Crippen LogP contribution < -0.4 is 5.32 Å². The third-order valence-corrected chi connectivity index (χ3v) is 5.48. The summed E-state index contributed by atoms with van der Waals surface area (Å²) in [5, 5.41) is 22.4. The van der Waals surface area contributed by atoms with E-state index in [0.717, 1.165) is 16.7 Å². The van der Waals surface area contributed by atoms with Gasteiger partial charge in [0.05, 0.1) is 11.1 Å². The molecule has 0 radical (unpaired) electrons. The molecule has 4 aromatic carbocycles. The van der Waals surface area contributed by atoms with Gasteiger partial charge in [0.2, 0.25) is 5.91 Å². The van der Waals surface area contributed by atoms with Crippen molar-refractivity contribution in [2.45, 2.75) is 11.8 Å². The van der Waals surface area contributed by atoms with Gasteiger partial charge in [-0.15, -0.1) is 0 Å². The molecule has 0 aliphatic rings. The standard InChI is InChI=1S/C27H23NO3/c29-23-16-17-24(25(30)18-23)28-26(31)19-27(20-10-4-1-5-11-20,21-12-6-2-7-13-21)22-14-8-3-9-15-22/h1-18,29-30H,19H2,(H,28,31). The Morgan fingerprint density at radius 3 is 1.55 bits per heavy atom. The number of benzene rings is 4. The van der Waals surface area contributed by atoms with Crippen LogP contribution >= 0.6 is 0 Å². The monoisotopic (exact) mass is 409 g/mol. The summed E-state index contributed by atoms with van der Waals surface area (Å²) in [7, 11) is 0. The third kappa shape index (κ3) is 4.14. The Kier molecular flexibility index (Phi) is 5.72. The van der Waals surface area contributed by atoms with E-state index in [2.05, 4.69) is 5.32 Å². The number of nitrogens with one attached hydrogen (secondary N) is 1. The fraction of sp³-hybridized carbons (Fsp3) is 0.0741. The summed E-state index contributed by atoms with van der Waals surface area (Å²) in [6, 6.07) is 34.0. The van der Waals surface area contributed by atoms with Crippen molar-refractivity contribution in [2.75, 3.05) is 5.32 Å². The molecule has 0 heterocycles. The minimum Gasteiger partial charge on any atom is -0.508 e. The number of phenols is 2. The normalized spacial score (nSPS) is 11.1. The van der Waals surface area contributed by atoms with Crippen LogP contribution in [0.5, 0.6) is 11.5 Å². The second-order valence-corrected chi connectivity index (χ2v) is 7.43. The highest BCUT2D eigenvalue weighted by molar-refractivity contribution is 5.94. The number of hydrogen-bond acceptors (Lipinski definition) is 3. The summed E-state index contributed by atoms with van der Waals surface area (Å²) in [4.78, 5) is 13.3. The van der Waals surface area contributed by atoms with Crippen LogP contribution in [0, 0.1) is 0 Å². The minimum absolute atomic E-state index is 0.0669. The van der Waals surface area contributed by atoms with Crippen LogP contribution in [0.15, 0.2) is 109 Å². The van der Waals surface area contributed by atoms with E-state index in [1.165, 1.54) is 18.2 Å². The number of aromatic hydroxyl groups is 2. The van der Waals surface area contributed by atoms with Gasteiger partial charge >= 0.3 is 0 Å². The zero-order valence-electron chi connectivity index (χ0n) is 16.9. The van der Waals surface area contributed by atoms with Crippen molar-refractivity contribution >= 4 is 11.6 Å². The molecule has 4 aromatic rings. The first-order valence-electron chi connectivity index (χ1n) is 10.1. The molecule has 0 atom stereocenters. The summed E-state index contributed by atoms with van der Waals surface area (Å²) in [6.45, 7) is 0. The average molecular weight is 409 g/mol. The molecule has 4 nitrogen and oxygen atoms in total. The first-order chi connectivity index (χ1) is 15.1. The van der Waals surface area contributed by atoms with Gasteiger partial charge in [0.15, 0.2) is 0 Å². The number of phenolic OH excluding ortho intramolecular Hbond substituents is 2. The summed E-state index contributed by atoms with van der Waals surface area (Å²) in [5.74, 6) is -0.502. The summed E-state index contributed by atoms with van der Waals surface area (Å²) in [6.07, 6.45) is 0.130. The molecular weight excluding hydrogens is 386 g/mol. The van der Waals surface area contributed by atoms with Crippen LogP contribution in [0.25, 0.3) is 0 Å². The zero-order chi connectivity index (χ0) is 21.7. The van der Waals surface area contributed by atoms with Crippen LogP contribution in [0.3, 0.4) is 0 Å². The smallest absolute Gasteiger partial charge is 0.226 e. The molecule has 0 unspecified atom stereocenters. The largest absolute Gasteiger partial charge is 0.508 e. The number of carbonyl (C=O) groups excluding carboxylic acids is 1. The van der Waals surface area contributed by atoms with Gasteiger partial charge in [-0.1, -0.05) is 91.0 Å². The van der Waals surface area contributed by atoms with Crippen molar-refractivity contribution in [3.05, 3.63) is 126 Å². The Morgan fingerprint density at radius 1 is 0.677 bits per heavy atom. The summed E-state index contributed by atoms with van der Waals surface area (Å²) >= 11 is 0. The molecule has 0 bridgehead atoms. The fourth-order valence-electron chi connectivity index (χ4n) is 4.04. The number of hydrogen-bond donors (Lipinski definition) is 3. The van der Waals surface area contributed by atoms with Crippen LogP contribution in [0.4, 0.5) is 5.69 Å². The van der Waals surface area contributed by atoms with Gasteiger partial charge in [0, 0.05) is 12.5 Å². The van der Waals surface area contributed by atoms with E-state index >= 15 is 0 Å². The maximum Gasteiger partial charge on any atom is 0.226 e. The second kappa shape index (κ2) is 8.76. The first kappa shape index (κ1) is 20.2. The Balaban J connectivity index is 1.83. The van der Waals surface area contributed by atoms with Crippen molar-refractivity contribution in [3.8, 4) is 11.5 Å². The van der Waals surface area contributed by atoms with Crippen LogP contribution in [0.2, 0.25) is 0 Å². The summed E-state index contributed by atoms with van der Waals surface area (Å²) in [5.41, 5.74) is 2.53. The topological polar surface area (TPSA) is 69.6 Å². The SMILES string of the molecule is O=C(CC(c1ccccc1)(c1ccccc1)c1ccccc1)Nc1ccc(O)cc1O. The van der Waals surface area contributed by atoms with E-state index in [0.29, 0.717) is 0 Å². The number of anilines is 1. The van der Waals surface area contributed by atoms with Gasteiger partial charge in [-0.05, 0) is 28.8 Å². The Morgan fingerprint density at radius 2 is 1.13 bits per heavy atom. The van der Waals surface area contributed by atoms with Crippen molar-refractivity contribution in [1.29, 1.82) is 0 Å². The molecule has 0 spiro atoms. The Hall–Kier alpha value is -4.05. The van der Waals surface area contributed by atoms with Crippen molar-refractivity contribution in [3.63, 3.8) is 0 Å². The lowest BCUT2D eigenvalue weighted by Gasteiger charge is -2.35. The lowest BCUT2D eigenvalue weighted by atomic mass is 9.67. The lowest BCUT2D eigenvalue weighted by molar-refractivity contribution is -0.116. The van der Waals surface area contributed by atoms with Gasteiger partial charge in [-0.25, -0.2) is 0 Å². The molecular formula is C27H23NO3. The lowest BCUT2D eigenvalue weighted by Crippen LogP contribution is -2.34. The van der Waals surface area contributed by atoms with E-state index in [1.54, 1.807) is 0 Å². The average Bonchev–Trinajstić information content (AvgIpc) is 2.81. The maximum absolute atomic E-state index is 13.3. The van der Waals surface area contributed by atoms with Crippen molar-refractivity contribution in [2.24, 2.45) is 0 Å². The Labute approximate surface area is 181 Å². The Bertz CT molecular complexity index is 1060. The molecule has 0 aromatic heterocycles. The number of amides is 1. The van der Waals surface area contributed by atoms with E-state index in [1.807, 2.05) is 91.0 Å². The molecule has 0 aliphatic carbocycles. The predicted molar refractivity (Wildman–Crippen MR) is 122 cm³/mol. The number of rotatable bonds is 6. The van der Waals surface area contributed by atoms with Gasteiger partial charge in [0.25, 0.3) is 0 Å². The molecule has 3 N–H and O–H groups in total. The second-order valence-electron chi connectivity index (χ2n) is 7.43. The molecule has 1 amide bonds. The van der Waals surface area contributed by atoms with Crippen LogP contribution in [-0.2, 0) is 10.2 Å². The maximum atomic E-state index is 13.3. The van der Waals surface area contributed by atoms with Gasteiger partial charge in [0.1, 0.15) is 11.5 Å². The molecule has 0 aliphatic heterocycles. The highest BCUT2D eigenvalue weighted by Crippen LogP contribution is 2.42. The number of carbonyl (C=O) groups is 1.